The highest BCUT2D eigenvalue weighted by molar-refractivity contribution is 9.09. The first kappa shape index (κ1) is 16.8. The predicted octanol–water partition coefficient (Wildman–Crippen LogP) is 5.08. The average molecular weight is 361 g/mol. The van der Waals surface area contributed by atoms with Crippen LogP contribution in [0.4, 0.5) is 0 Å². The third kappa shape index (κ3) is 5.30. The molecule has 2 aromatic rings. The molecule has 0 aliphatic heterocycles. The fourth-order valence-electron chi connectivity index (χ4n) is 2.38. The molecule has 0 bridgehead atoms. The number of benzene rings is 2. The Kier molecular flexibility index (Phi) is 7.17. The van der Waals surface area contributed by atoms with Crippen molar-refractivity contribution in [2.24, 2.45) is 0 Å². The number of unbranched alkanes of at least 4 members (excludes halogenated alkanes) is 1. The van der Waals surface area contributed by atoms with Gasteiger partial charge in [0.1, 0.15) is 6.61 Å². The minimum atomic E-state index is -0.177. The van der Waals surface area contributed by atoms with Crippen LogP contribution in [0.15, 0.2) is 60.7 Å². The zero-order chi connectivity index (χ0) is 15.6. The van der Waals surface area contributed by atoms with Gasteiger partial charge >= 0.3 is 5.97 Å². The van der Waals surface area contributed by atoms with Crippen molar-refractivity contribution < 1.29 is 9.53 Å². The van der Waals surface area contributed by atoms with Gasteiger partial charge in [0.2, 0.25) is 0 Å². The maximum atomic E-state index is 12.5. The number of esters is 1. The van der Waals surface area contributed by atoms with Crippen LogP contribution in [0.1, 0.15) is 36.3 Å². The second-order valence-corrected chi connectivity index (χ2v) is 6.03. The molecule has 0 saturated heterocycles. The molecule has 116 valence electrons. The SMILES string of the molecule is O=C(OCc1ccccc1)[C@H](CCCCBr)c1ccccc1. The smallest absolute Gasteiger partial charge is 0.313 e. The maximum Gasteiger partial charge on any atom is 0.313 e. The largest absolute Gasteiger partial charge is 0.460 e. The van der Waals surface area contributed by atoms with Crippen LogP contribution >= 0.6 is 15.9 Å². The minimum absolute atomic E-state index is 0.135. The van der Waals surface area contributed by atoms with Crippen LogP contribution in [0, 0.1) is 0 Å². The first-order chi connectivity index (χ1) is 10.8. The van der Waals surface area contributed by atoms with Gasteiger partial charge in [-0.1, -0.05) is 83.0 Å². The summed E-state index contributed by atoms with van der Waals surface area (Å²) in [6.45, 7) is 0.335. The summed E-state index contributed by atoms with van der Waals surface area (Å²) in [6, 6.07) is 19.7. The van der Waals surface area contributed by atoms with E-state index >= 15 is 0 Å². The van der Waals surface area contributed by atoms with Gasteiger partial charge in [0.25, 0.3) is 0 Å². The van der Waals surface area contributed by atoms with Crippen LogP contribution in [0.5, 0.6) is 0 Å². The fourth-order valence-corrected chi connectivity index (χ4v) is 2.77. The molecule has 2 nitrogen and oxygen atoms in total. The van der Waals surface area contributed by atoms with Crippen LogP contribution < -0.4 is 0 Å². The second-order valence-electron chi connectivity index (χ2n) is 5.24. The van der Waals surface area contributed by atoms with Gasteiger partial charge in [-0.3, -0.25) is 4.79 Å². The Morgan fingerprint density at radius 1 is 0.955 bits per heavy atom. The van der Waals surface area contributed by atoms with Crippen molar-refractivity contribution >= 4 is 21.9 Å². The highest BCUT2D eigenvalue weighted by atomic mass is 79.9. The molecule has 1 atom stereocenters. The summed E-state index contributed by atoms with van der Waals surface area (Å²) in [6.07, 6.45) is 2.89. The Hall–Kier alpha value is -1.61. The number of hydrogen-bond acceptors (Lipinski definition) is 2. The predicted molar refractivity (Wildman–Crippen MR) is 93.1 cm³/mol. The molecule has 2 rings (SSSR count). The van der Waals surface area contributed by atoms with Crippen molar-refractivity contribution in [3.63, 3.8) is 0 Å². The van der Waals surface area contributed by atoms with Crippen LogP contribution in [-0.2, 0) is 16.1 Å². The lowest BCUT2D eigenvalue weighted by atomic mass is 9.94. The summed E-state index contributed by atoms with van der Waals surface area (Å²) in [5.74, 6) is -0.311. The third-order valence-electron chi connectivity index (χ3n) is 3.59. The average Bonchev–Trinajstić information content (AvgIpc) is 2.58. The van der Waals surface area contributed by atoms with E-state index in [2.05, 4.69) is 15.9 Å². The first-order valence-corrected chi connectivity index (χ1v) is 8.75. The van der Waals surface area contributed by atoms with Crippen LogP contribution in [-0.4, -0.2) is 11.3 Å². The Bertz CT molecular complexity index is 554. The lowest BCUT2D eigenvalue weighted by Crippen LogP contribution is -2.16. The molecule has 0 amide bonds. The van der Waals surface area contributed by atoms with E-state index in [1.54, 1.807) is 0 Å². The highest BCUT2D eigenvalue weighted by Crippen LogP contribution is 2.24. The molecule has 0 fully saturated rings. The molecule has 2 aromatic carbocycles. The number of ether oxygens (including phenoxy) is 1. The Labute approximate surface area is 140 Å². The van der Waals surface area contributed by atoms with E-state index in [9.17, 15) is 4.79 Å². The van der Waals surface area contributed by atoms with Gasteiger partial charge in [-0.2, -0.15) is 0 Å². The molecule has 0 aliphatic carbocycles. The van der Waals surface area contributed by atoms with Gasteiger partial charge < -0.3 is 4.74 Å². The number of carbonyl (C=O) groups excluding carboxylic acids is 1. The van der Waals surface area contributed by atoms with Crippen molar-refractivity contribution in [3.05, 3.63) is 71.8 Å². The zero-order valence-electron chi connectivity index (χ0n) is 12.6. The number of hydrogen-bond donors (Lipinski definition) is 0. The van der Waals surface area contributed by atoms with Gasteiger partial charge in [0.05, 0.1) is 5.92 Å². The van der Waals surface area contributed by atoms with E-state index in [1.165, 1.54) is 0 Å². The minimum Gasteiger partial charge on any atom is -0.460 e. The van der Waals surface area contributed by atoms with E-state index < -0.39 is 0 Å². The number of carbonyl (C=O) groups is 1. The molecule has 3 heteroatoms. The lowest BCUT2D eigenvalue weighted by molar-refractivity contribution is -0.147. The molecule has 0 heterocycles. The second kappa shape index (κ2) is 9.42. The van der Waals surface area contributed by atoms with Crippen molar-refractivity contribution in [2.45, 2.75) is 31.8 Å². The van der Waals surface area contributed by atoms with Crippen molar-refractivity contribution in [1.29, 1.82) is 0 Å². The van der Waals surface area contributed by atoms with Crippen LogP contribution in [0.3, 0.4) is 0 Å². The van der Waals surface area contributed by atoms with E-state index in [4.69, 9.17) is 4.74 Å². The van der Waals surface area contributed by atoms with Gasteiger partial charge in [0, 0.05) is 5.33 Å². The fraction of sp³-hybridized carbons (Fsp3) is 0.316. The maximum absolute atomic E-state index is 12.5. The van der Waals surface area contributed by atoms with E-state index in [0.717, 1.165) is 35.7 Å². The van der Waals surface area contributed by atoms with E-state index in [-0.39, 0.29) is 11.9 Å². The summed E-state index contributed by atoms with van der Waals surface area (Å²) in [5.41, 5.74) is 2.05. The van der Waals surface area contributed by atoms with E-state index in [0.29, 0.717) is 6.61 Å². The summed E-state index contributed by atoms with van der Waals surface area (Å²) in [5, 5.41) is 0.966. The highest BCUT2D eigenvalue weighted by Gasteiger charge is 2.21. The molecule has 0 spiro atoms. The van der Waals surface area contributed by atoms with Crippen LogP contribution in [0.2, 0.25) is 0 Å². The topological polar surface area (TPSA) is 26.3 Å². The zero-order valence-corrected chi connectivity index (χ0v) is 14.2. The normalized spacial score (nSPS) is 11.9. The lowest BCUT2D eigenvalue weighted by Gasteiger charge is -2.16. The molecule has 22 heavy (non-hydrogen) atoms. The quantitative estimate of drug-likeness (QED) is 0.372. The molecule has 0 aromatic heterocycles. The third-order valence-corrected chi connectivity index (χ3v) is 4.15. The summed E-state index contributed by atoms with van der Waals surface area (Å²) in [7, 11) is 0. The summed E-state index contributed by atoms with van der Waals surface area (Å²) >= 11 is 3.44. The Morgan fingerprint density at radius 2 is 1.59 bits per heavy atom. The summed E-state index contributed by atoms with van der Waals surface area (Å²) in [4.78, 5) is 12.5. The molecule has 0 N–H and O–H groups in total. The number of halogens is 1. The van der Waals surface area contributed by atoms with Crippen LogP contribution in [0.25, 0.3) is 0 Å². The van der Waals surface area contributed by atoms with Gasteiger partial charge in [0.15, 0.2) is 0 Å². The molecule has 0 radical (unpaired) electrons. The summed E-state index contributed by atoms with van der Waals surface area (Å²) < 4.78 is 5.52. The van der Waals surface area contributed by atoms with Crippen molar-refractivity contribution in [2.75, 3.05) is 5.33 Å². The van der Waals surface area contributed by atoms with Gasteiger partial charge in [-0.05, 0) is 24.0 Å². The Balaban J connectivity index is 1.99. The molecular weight excluding hydrogens is 340 g/mol. The molecule has 0 aliphatic rings. The molecule has 0 saturated carbocycles. The molecule has 0 unspecified atom stereocenters. The monoisotopic (exact) mass is 360 g/mol. The number of rotatable bonds is 8. The van der Waals surface area contributed by atoms with E-state index in [1.807, 2.05) is 60.7 Å². The van der Waals surface area contributed by atoms with Gasteiger partial charge in [-0.15, -0.1) is 0 Å². The first-order valence-electron chi connectivity index (χ1n) is 7.62. The van der Waals surface area contributed by atoms with Gasteiger partial charge in [-0.25, -0.2) is 0 Å². The molecular formula is C19H21BrO2. The Morgan fingerprint density at radius 3 is 2.23 bits per heavy atom. The van der Waals surface area contributed by atoms with Crippen molar-refractivity contribution in [1.82, 2.24) is 0 Å². The number of alkyl halides is 1. The van der Waals surface area contributed by atoms with Crippen molar-refractivity contribution in [3.8, 4) is 0 Å². The standard InChI is InChI=1S/C19H21BrO2/c20-14-8-7-13-18(17-11-5-2-6-12-17)19(21)22-15-16-9-3-1-4-10-16/h1-6,9-12,18H,7-8,13-15H2/t18-/m1/s1.